The third-order valence-corrected chi connectivity index (χ3v) is 6.35. The van der Waals surface area contributed by atoms with E-state index in [1.807, 2.05) is 56.3 Å². The molecule has 0 unspecified atom stereocenters. The average molecular weight is 495 g/mol. The number of hydrogen-bond acceptors (Lipinski definition) is 6. The van der Waals surface area contributed by atoms with Crippen LogP contribution >= 0.6 is 0 Å². The van der Waals surface area contributed by atoms with Gasteiger partial charge in [-0.3, -0.25) is 19.5 Å². The van der Waals surface area contributed by atoms with Crippen molar-refractivity contribution in [2.45, 2.75) is 33.0 Å². The molecule has 5 aromatic rings. The van der Waals surface area contributed by atoms with Gasteiger partial charge in [-0.15, -0.1) is 5.10 Å². The molecule has 37 heavy (non-hydrogen) atoms. The number of fused-ring (bicyclic) bond motifs is 1. The van der Waals surface area contributed by atoms with Gasteiger partial charge < -0.3 is 9.73 Å². The van der Waals surface area contributed by atoms with Gasteiger partial charge in [0.05, 0.1) is 18.3 Å². The van der Waals surface area contributed by atoms with Gasteiger partial charge in [-0.2, -0.15) is 0 Å². The Kier molecular flexibility index (Phi) is 6.76. The van der Waals surface area contributed by atoms with E-state index < -0.39 is 6.04 Å². The maximum absolute atomic E-state index is 14.1. The number of amides is 2. The van der Waals surface area contributed by atoms with Crippen molar-refractivity contribution in [1.29, 1.82) is 0 Å². The number of aryl methyl sites for hydroxylation is 1. The summed E-state index contributed by atoms with van der Waals surface area (Å²) in [6.07, 6.45) is 4.77. The maximum atomic E-state index is 14.1. The predicted octanol–water partition coefficient (Wildman–Crippen LogP) is 4.13. The van der Waals surface area contributed by atoms with Crippen molar-refractivity contribution in [2.75, 3.05) is 4.90 Å². The molecule has 0 aliphatic rings. The van der Waals surface area contributed by atoms with Crippen LogP contribution in [0.2, 0.25) is 0 Å². The maximum Gasteiger partial charge on any atom is 0.249 e. The molecule has 5 rings (SSSR count). The first-order chi connectivity index (χ1) is 18.0. The van der Waals surface area contributed by atoms with Gasteiger partial charge in [0.25, 0.3) is 0 Å². The molecule has 9 nitrogen and oxygen atoms in total. The van der Waals surface area contributed by atoms with E-state index in [0.717, 1.165) is 16.6 Å². The van der Waals surface area contributed by atoms with E-state index in [1.165, 1.54) is 0 Å². The lowest BCUT2D eigenvalue weighted by Gasteiger charge is -2.33. The first-order valence-electron chi connectivity index (χ1n) is 11.9. The summed E-state index contributed by atoms with van der Waals surface area (Å²) in [7, 11) is 0. The highest BCUT2D eigenvalue weighted by Gasteiger charge is 2.34. The fraction of sp³-hybridized carbons (Fsp3) is 0.179. The summed E-state index contributed by atoms with van der Waals surface area (Å²) in [5.74, 6) is -0.0415. The lowest BCUT2D eigenvalue weighted by atomic mass is 10.0. The van der Waals surface area contributed by atoms with E-state index in [4.69, 9.17) is 4.42 Å². The van der Waals surface area contributed by atoms with E-state index in [1.54, 1.807) is 52.5 Å². The molecule has 0 aliphatic carbocycles. The van der Waals surface area contributed by atoms with Gasteiger partial charge in [-0.05, 0) is 73.0 Å². The highest BCUT2D eigenvalue weighted by atomic mass is 16.3. The zero-order valence-electron chi connectivity index (χ0n) is 20.5. The van der Waals surface area contributed by atoms with Crippen molar-refractivity contribution in [3.8, 4) is 0 Å². The van der Waals surface area contributed by atoms with Gasteiger partial charge >= 0.3 is 0 Å². The lowest BCUT2D eigenvalue weighted by Crippen LogP contribution is -2.45. The monoisotopic (exact) mass is 494 g/mol. The fourth-order valence-electron chi connectivity index (χ4n) is 4.30. The normalized spacial score (nSPS) is 11.8. The number of para-hydroxylation sites is 1. The van der Waals surface area contributed by atoms with Crippen molar-refractivity contribution in [3.05, 3.63) is 108 Å². The van der Waals surface area contributed by atoms with Gasteiger partial charge in [0.2, 0.25) is 11.8 Å². The number of furan rings is 1. The van der Waals surface area contributed by atoms with E-state index in [0.29, 0.717) is 22.5 Å². The van der Waals surface area contributed by atoms with E-state index >= 15 is 0 Å². The molecule has 0 fully saturated rings. The van der Waals surface area contributed by atoms with E-state index in [-0.39, 0.29) is 24.9 Å². The van der Waals surface area contributed by atoms with Crippen molar-refractivity contribution < 1.29 is 14.0 Å². The Morgan fingerprint density at radius 2 is 1.81 bits per heavy atom. The van der Waals surface area contributed by atoms with Gasteiger partial charge in [0, 0.05) is 18.1 Å². The summed E-state index contributed by atoms with van der Waals surface area (Å²) in [6, 6.07) is 19.2. The molecular weight excluding hydrogens is 468 g/mol. The van der Waals surface area contributed by atoms with Crippen LogP contribution < -0.4 is 10.2 Å². The van der Waals surface area contributed by atoms with Crippen LogP contribution in [0.3, 0.4) is 0 Å². The number of carbonyl (C=O) groups is 2. The van der Waals surface area contributed by atoms with Crippen molar-refractivity contribution in [1.82, 2.24) is 25.3 Å². The minimum Gasteiger partial charge on any atom is -0.467 e. The third-order valence-electron chi connectivity index (χ3n) is 6.35. The summed E-state index contributed by atoms with van der Waals surface area (Å²) < 4.78 is 6.94. The number of carbonyl (C=O) groups excluding carboxylic acids is 2. The van der Waals surface area contributed by atoms with Crippen LogP contribution in [0, 0.1) is 13.8 Å². The van der Waals surface area contributed by atoms with Crippen LogP contribution in [-0.2, 0) is 22.7 Å². The summed E-state index contributed by atoms with van der Waals surface area (Å²) in [5.41, 5.74) is 4.60. The summed E-state index contributed by atoms with van der Waals surface area (Å²) in [4.78, 5) is 33.5. The molecule has 0 saturated carbocycles. The predicted molar refractivity (Wildman–Crippen MR) is 138 cm³/mol. The van der Waals surface area contributed by atoms with Crippen LogP contribution in [-0.4, -0.2) is 31.8 Å². The Balaban J connectivity index is 1.58. The topological polar surface area (TPSA) is 106 Å². The smallest absolute Gasteiger partial charge is 0.249 e. The molecule has 0 aliphatic heterocycles. The fourth-order valence-corrected chi connectivity index (χ4v) is 4.30. The van der Waals surface area contributed by atoms with Crippen LogP contribution in [0.5, 0.6) is 0 Å². The molecule has 3 heterocycles. The average Bonchev–Trinajstić information content (AvgIpc) is 3.59. The summed E-state index contributed by atoms with van der Waals surface area (Å²) in [5, 5.41) is 11.3. The summed E-state index contributed by atoms with van der Waals surface area (Å²) in [6.45, 7) is 4.02. The molecule has 0 saturated heterocycles. The number of rotatable bonds is 8. The number of aromatic nitrogens is 4. The number of anilines is 1. The highest BCUT2D eigenvalue weighted by molar-refractivity contribution is 6.02. The molecule has 186 valence electrons. The Bertz CT molecular complexity index is 1530. The Morgan fingerprint density at radius 1 is 1.00 bits per heavy atom. The molecule has 2 aromatic carbocycles. The molecule has 0 radical (unpaired) electrons. The largest absolute Gasteiger partial charge is 0.467 e. The van der Waals surface area contributed by atoms with Crippen molar-refractivity contribution in [2.24, 2.45) is 0 Å². The van der Waals surface area contributed by atoms with Crippen LogP contribution in [0.1, 0.15) is 28.5 Å². The van der Waals surface area contributed by atoms with E-state index in [9.17, 15) is 9.59 Å². The number of pyridine rings is 1. The van der Waals surface area contributed by atoms with Gasteiger partial charge in [0.15, 0.2) is 0 Å². The lowest BCUT2D eigenvalue weighted by molar-refractivity contribution is -0.127. The Labute approximate surface area is 213 Å². The van der Waals surface area contributed by atoms with Crippen molar-refractivity contribution in [3.63, 3.8) is 0 Å². The second-order valence-electron chi connectivity index (χ2n) is 8.70. The Morgan fingerprint density at radius 3 is 2.59 bits per heavy atom. The minimum absolute atomic E-state index is 0.0963. The molecule has 1 atom stereocenters. The van der Waals surface area contributed by atoms with Gasteiger partial charge in [-0.1, -0.05) is 29.5 Å². The molecule has 0 spiro atoms. The number of benzene rings is 2. The van der Waals surface area contributed by atoms with Crippen LogP contribution in [0.4, 0.5) is 5.69 Å². The van der Waals surface area contributed by atoms with Crippen LogP contribution in [0.25, 0.3) is 11.0 Å². The number of nitrogens with zero attached hydrogens (tertiary/aromatic N) is 5. The molecule has 9 heteroatoms. The molecule has 3 aromatic heterocycles. The van der Waals surface area contributed by atoms with Crippen molar-refractivity contribution >= 4 is 28.5 Å². The summed E-state index contributed by atoms with van der Waals surface area (Å²) >= 11 is 0. The zero-order chi connectivity index (χ0) is 25.8. The van der Waals surface area contributed by atoms with E-state index in [2.05, 4.69) is 20.6 Å². The SMILES string of the molecule is Cc1cccc(N(C(=O)Cn2nnc3ccccc32)[C@H](C(=O)NCc2ccco2)c2ccncc2)c1C. The number of nitrogens with one attached hydrogen (secondary N) is 1. The zero-order valence-corrected chi connectivity index (χ0v) is 20.5. The molecule has 2 amide bonds. The number of hydrogen-bond donors (Lipinski definition) is 1. The Hall–Kier alpha value is -4.79. The first-order valence-corrected chi connectivity index (χ1v) is 11.9. The second kappa shape index (κ2) is 10.4. The quantitative estimate of drug-likeness (QED) is 0.348. The molecule has 1 N–H and O–H groups in total. The molecule has 0 bridgehead atoms. The third kappa shape index (κ3) is 4.97. The molecular formula is C28H26N6O3. The standard InChI is InChI=1S/C28H26N6O3/c1-19-7-5-11-24(20(19)2)34(26(35)18-33-25-10-4-3-9-23(25)31-32-33)27(21-12-14-29-15-13-21)28(36)30-17-22-8-6-16-37-22/h3-16,27H,17-18H2,1-2H3,(H,30,36)/t27-/m0/s1. The first kappa shape index (κ1) is 23.9. The highest BCUT2D eigenvalue weighted by Crippen LogP contribution is 2.32. The van der Waals surface area contributed by atoms with Gasteiger partial charge in [-0.25, -0.2) is 4.68 Å². The van der Waals surface area contributed by atoms with Crippen LogP contribution in [0.15, 0.2) is 89.8 Å². The second-order valence-corrected chi connectivity index (χ2v) is 8.70. The van der Waals surface area contributed by atoms with Gasteiger partial charge in [0.1, 0.15) is 23.9 Å². The minimum atomic E-state index is -0.958.